The summed E-state index contributed by atoms with van der Waals surface area (Å²) in [5, 5.41) is 3.26. The molecule has 5 nitrogen and oxygen atoms in total. The highest BCUT2D eigenvalue weighted by Gasteiger charge is 2.39. The number of nitrogens with zero attached hydrogens (tertiary/aromatic N) is 1. The lowest BCUT2D eigenvalue weighted by molar-refractivity contribution is -0.143. The van der Waals surface area contributed by atoms with Crippen molar-refractivity contribution in [3.63, 3.8) is 0 Å². The molecule has 2 unspecified atom stereocenters. The first kappa shape index (κ1) is 18.2. The lowest BCUT2D eigenvalue weighted by Gasteiger charge is -2.08. The summed E-state index contributed by atoms with van der Waals surface area (Å²) < 4.78 is 10.8. The standard InChI is InChI=1S/C21H26N2O3/c1-2-25-21(24)15-17-14-19(17)16-7-9-18(10-8-16)26-13-5-12-23-20-6-3-4-11-22-20/h3-4,6-11,17,19H,2,5,12-15H2,1H3,(H,22,23). The van der Waals surface area contributed by atoms with Gasteiger partial charge in [-0.05, 0) is 61.4 Å². The molecule has 1 heterocycles. The predicted molar refractivity (Wildman–Crippen MR) is 101 cm³/mol. The molecule has 2 atom stereocenters. The molecule has 5 heteroatoms. The average Bonchev–Trinajstić information content (AvgIpc) is 3.42. The van der Waals surface area contributed by atoms with E-state index < -0.39 is 0 Å². The highest BCUT2D eigenvalue weighted by Crippen LogP contribution is 2.49. The van der Waals surface area contributed by atoms with E-state index in [9.17, 15) is 4.79 Å². The first-order valence-corrected chi connectivity index (χ1v) is 9.29. The summed E-state index contributed by atoms with van der Waals surface area (Å²) in [6.07, 6.45) is 4.28. The Labute approximate surface area is 154 Å². The zero-order valence-corrected chi connectivity index (χ0v) is 15.2. The fourth-order valence-corrected chi connectivity index (χ4v) is 3.07. The van der Waals surface area contributed by atoms with Gasteiger partial charge in [0.2, 0.25) is 0 Å². The van der Waals surface area contributed by atoms with Gasteiger partial charge in [0.05, 0.1) is 13.2 Å². The number of aromatic nitrogens is 1. The second-order valence-electron chi connectivity index (χ2n) is 6.52. The monoisotopic (exact) mass is 354 g/mol. The van der Waals surface area contributed by atoms with E-state index in [0.717, 1.165) is 31.0 Å². The molecular weight excluding hydrogens is 328 g/mol. The van der Waals surface area contributed by atoms with Gasteiger partial charge in [-0.2, -0.15) is 0 Å². The molecule has 3 rings (SSSR count). The molecule has 1 saturated carbocycles. The van der Waals surface area contributed by atoms with Crippen LogP contribution >= 0.6 is 0 Å². The van der Waals surface area contributed by atoms with E-state index in [1.807, 2.05) is 37.3 Å². The van der Waals surface area contributed by atoms with Crippen molar-refractivity contribution in [1.29, 1.82) is 0 Å². The average molecular weight is 354 g/mol. The molecule has 1 N–H and O–H groups in total. The second kappa shape index (κ2) is 9.22. The van der Waals surface area contributed by atoms with E-state index in [2.05, 4.69) is 22.4 Å². The van der Waals surface area contributed by atoms with E-state index >= 15 is 0 Å². The molecule has 0 radical (unpaired) electrons. The van der Waals surface area contributed by atoms with Gasteiger partial charge >= 0.3 is 5.97 Å². The minimum atomic E-state index is -0.0840. The molecular formula is C21H26N2O3. The van der Waals surface area contributed by atoms with E-state index in [1.165, 1.54) is 5.56 Å². The molecule has 0 spiro atoms. The molecule has 1 aromatic carbocycles. The van der Waals surface area contributed by atoms with Gasteiger partial charge in [0, 0.05) is 19.2 Å². The van der Waals surface area contributed by atoms with Gasteiger partial charge in [0.15, 0.2) is 0 Å². The van der Waals surface area contributed by atoms with Crippen molar-refractivity contribution in [2.45, 2.75) is 32.1 Å². The zero-order chi connectivity index (χ0) is 18.2. The molecule has 2 aromatic rings. The quantitative estimate of drug-likeness (QED) is 0.516. The number of benzene rings is 1. The number of nitrogens with one attached hydrogen (secondary N) is 1. The Kier molecular flexibility index (Phi) is 6.47. The third-order valence-corrected chi connectivity index (χ3v) is 4.53. The van der Waals surface area contributed by atoms with Crippen molar-refractivity contribution in [2.24, 2.45) is 5.92 Å². The molecule has 0 amide bonds. The van der Waals surface area contributed by atoms with Gasteiger partial charge < -0.3 is 14.8 Å². The molecule has 1 aliphatic rings. The van der Waals surface area contributed by atoms with Gasteiger partial charge in [-0.1, -0.05) is 18.2 Å². The summed E-state index contributed by atoms with van der Waals surface area (Å²) in [5.41, 5.74) is 1.28. The van der Waals surface area contributed by atoms with Crippen LogP contribution < -0.4 is 10.1 Å². The maximum Gasteiger partial charge on any atom is 0.306 e. The van der Waals surface area contributed by atoms with Crippen LogP contribution in [0.25, 0.3) is 0 Å². The molecule has 138 valence electrons. The Morgan fingerprint density at radius 2 is 2.08 bits per heavy atom. The maximum absolute atomic E-state index is 11.5. The number of hydrogen-bond acceptors (Lipinski definition) is 5. The minimum Gasteiger partial charge on any atom is -0.494 e. The van der Waals surface area contributed by atoms with E-state index in [-0.39, 0.29) is 5.97 Å². The molecule has 1 fully saturated rings. The van der Waals surface area contributed by atoms with Gasteiger partial charge in [0.25, 0.3) is 0 Å². The van der Waals surface area contributed by atoms with Crippen molar-refractivity contribution in [2.75, 3.05) is 25.1 Å². The van der Waals surface area contributed by atoms with Crippen LogP contribution in [0.4, 0.5) is 5.82 Å². The molecule has 0 bridgehead atoms. The largest absolute Gasteiger partial charge is 0.494 e. The topological polar surface area (TPSA) is 60.5 Å². The first-order valence-electron chi connectivity index (χ1n) is 9.29. The Morgan fingerprint density at radius 1 is 1.23 bits per heavy atom. The van der Waals surface area contributed by atoms with Crippen molar-refractivity contribution in [3.05, 3.63) is 54.2 Å². The van der Waals surface area contributed by atoms with Crippen molar-refractivity contribution in [1.82, 2.24) is 4.98 Å². The number of esters is 1. The summed E-state index contributed by atoms with van der Waals surface area (Å²) in [6.45, 7) is 3.79. The van der Waals surface area contributed by atoms with Gasteiger partial charge in [-0.15, -0.1) is 0 Å². The number of ether oxygens (including phenoxy) is 2. The third-order valence-electron chi connectivity index (χ3n) is 4.53. The van der Waals surface area contributed by atoms with Crippen LogP contribution in [0.2, 0.25) is 0 Å². The number of carbonyl (C=O) groups excluding carboxylic acids is 1. The smallest absolute Gasteiger partial charge is 0.306 e. The third kappa shape index (κ3) is 5.48. The Hall–Kier alpha value is -2.56. The second-order valence-corrected chi connectivity index (χ2v) is 6.52. The first-order chi connectivity index (χ1) is 12.8. The summed E-state index contributed by atoms with van der Waals surface area (Å²) in [7, 11) is 0. The highest BCUT2D eigenvalue weighted by molar-refractivity contribution is 5.70. The van der Waals surface area contributed by atoms with Crippen LogP contribution in [-0.2, 0) is 9.53 Å². The summed E-state index contributed by atoms with van der Waals surface area (Å²) in [6, 6.07) is 14.1. The van der Waals surface area contributed by atoms with Gasteiger partial charge in [0.1, 0.15) is 11.6 Å². The van der Waals surface area contributed by atoms with Gasteiger partial charge in [-0.3, -0.25) is 4.79 Å². The number of hydrogen-bond donors (Lipinski definition) is 1. The Morgan fingerprint density at radius 3 is 2.81 bits per heavy atom. The Balaban J connectivity index is 1.34. The zero-order valence-electron chi connectivity index (χ0n) is 15.2. The van der Waals surface area contributed by atoms with Crippen LogP contribution in [0.1, 0.15) is 37.7 Å². The fraction of sp³-hybridized carbons (Fsp3) is 0.429. The molecule has 0 aliphatic heterocycles. The van der Waals surface area contributed by atoms with Crippen LogP contribution in [-0.4, -0.2) is 30.7 Å². The normalized spacial score (nSPS) is 18.2. The van der Waals surface area contributed by atoms with Crippen LogP contribution in [0.3, 0.4) is 0 Å². The van der Waals surface area contributed by atoms with E-state index in [4.69, 9.17) is 9.47 Å². The lowest BCUT2D eigenvalue weighted by atomic mass is 10.1. The number of pyridine rings is 1. The lowest BCUT2D eigenvalue weighted by Crippen LogP contribution is -2.08. The van der Waals surface area contributed by atoms with E-state index in [0.29, 0.717) is 31.5 Å². The number of anilines is 1. The molecule has 1 aliphatic carbocycles. The van der Waals surface area contributed by atoms with Crippen LogP contribution in [0.15, 0.2) is 48.7 Å². The van der Waals surface area contributed by atoms with Crippen molar-refractivity contribution >= 4 is 11.8 Å². The summed E-state index contributed by atoms with van der Waals surface area (Å²) >= 11 is 0. The summed E-state index contributed by atoms with van der Waals surface area (Å²) in [5.74, 6) is 2.60. The van der Waals surface area contributed by atoms with Crippen molar-refractivity contribution in [3.8, 4) is 5.75 Å². The molecule has 1 aromatic heterocycles. The number of carbonyl (C=O) groups is 1. The predicted octanol–water partition coefficient (Wildman–Crippen LogP) is 4.02. The maximum atomic E-state index is 11.5. The SMILES string of the molecule is CCOC(=O)CC1CC1c1ccc(OCCCNc2ccccn2)cc1. The van der Waals surface area contributed by atoms with Crippen LogP contribution in [0.5, 0.6) is 5.75 Å². The van der Waals surface area contributed by atoms with Crippen molar-refractivity contribution < 1.29 is 14.3 Å². The van der Waals surface area contributed by atoms with Gasteiger partial charge in [-0.25, -0.2) is 4.98 Å². The van der Waals surface area contributed by atoms with Crippen LogP contribution in [0, 0.1) is 5.92 Å². The Bertz CT molecular complexity index is 688. The van der Waals surface area contributed by atoms with E-state index in [1.54, 1.807) is 6.20 Å². The summed E-state index contributed by atoms with van der Waals surface area (Å²) in [4.78, 5) is 15.8. The fourth-order valence-electron chi connectivity index (χ4n) is 3.07. The highest BCUT2D eigenvalue weighted by atomic mass is 16.5. The number of rotatable bonds is 10. The molecule has 0 saturated heterocycles. The molecule has 26 heavy (non-hydrogen) atoms. The minimum absolute atomic E-state index is 0.0840.